The maximum atomic E-state index is 4.34. The Balaban J connectivity index is 1.73. The zero-order chi connectivity index (χ0) is 14.7. The number of thioether (sulfide) groups is 1. The summed E-state index contributed by atoms with van der Waals surface area (Å²) in [6.07, 6.45) is 4.81. The SMILES string of the molecule is CSc1nnc(CN(CC2CC2)C(C)c2ccccc2)s1. The molecule has 0 aliphatic heterocycles. The van der Waals surface area contributed by atoms with Crippen LogP contribution in [0.5, 0.6) is 0 Å². The van der Waals surface area contributed by atoms with Crippen LogP contribution in [0, 0.1) is 5.92 Å². The van der Waals surface area contributed by atoms with E-state index in [-0.39, 0.29) is 0 Å². The minimum absolute atomic E-state index is 0.424. The molecule has 112 valence electrons. The summed E-state index contributed by atoms with van der Waals surface area (Å²) in [5, 5.41) is 9.68. The fourth-order valence-electron chi connectivity index (χ4n) is 2.49. The van der Waals surface area contributed by atoms with Gasteiger partial charge in [-0.15, -0.1) is 10.2 Å². The van der Waals surface area contributed by atoms with Crippen molar-refractivity contribution in [1.82, 2.24) is 15.1 Å². The fraction of sp³-hybridized carbons (Fsp3) is 0.500. The van der Waals surface area contributed by atoms with Crippen molar-refractivity contribution in [3.63, 3.8) is 0 Å². The number of hydrogen-bond donors (Lipinski definition) is 0. The van der Waals surface area contributed by atoms with Crippen LogP contribution in [0.1, 0.15) is 36.4 Å². The van der Waals surface area contributed by atoms with Crippen LogP contribution >= 0.6 is 23.1 Å². The van der Waals surface area contributed by atoms with E-state index in [1.165, 1.54) is 24.9 Å². The van der Waals surface area contributed by atoms with Gasteiger partial charge >= 0.3 is 0 Å². The smallest absolute Gasteiger partial charge is 0.174 e. The van der Waals surface area contributed by atoms with Crippen LogP contribution in [0.25, 0.3) is 0 Å². The highest BCUT2D eigenvalue weighted by Gasteiger charge is 2.27. The summed E-state index contributed by atoms with van der Waals surface area (Å²) in [5.41, 5.74) is 1.38. The van der Waals surface area contributed by atoms with Gasteiger partial charge in [-0.1, -0.05) is 53.4 Å². The second-order valence-electron chi connectivity index (χ2n) is 5.63. The molecule has 1 saturated carbocycles. The molecule has 1 aliphatic rings. The molecule has 1 aromatic carbocycles. The average Bonchev–Trinajstić information content (AvgIpc) is 3.23. The molecule has 1 aliphatic carbocycles. The Morgan fingerprint density at radius 2 is 2.05 bits per heavy atom. The molecule has 1 fully saturated rings. The topological polar surface area (TPSA) is 29.0 Å². The van der Waals surface area contributed by atoms with Crippen molar-refractivity contribution in [3.05, 3.63) is 40.9 Å². The molecule has 0 amide bonds. The molecular weight excluding hydrogens is 298 g/mol. The summed E-state index contributed by atoms with van der Waals surface area (Å²) >= 11 is 3.39. The molecular formula is C16H21N3S2. The minimum atomic E-state index is 0.424. The van der Waals surface area contributed by atoms with E-state index in [2.05, 4.69) is 58.6 Å². The van der Waals surface area contributed by atoms with Gasteiger partial charge in [0.25, 0.3) is 0 Å². The average molecular weight is 319 g/mol. The molecule has 1 atom stereocenters. The molecule has 0 bridgehead atoms. The van der Waals surface area contributed by atoms with E-state index in [0.717, 1.165) is 21.8 Å². The summed E-state index contributed by atoms with van der Waals surface area (Å²) < 4.78 is 1.06. The first-order valence-corrected chi connectivity index (χ1v) is 9.45. The van der Waals surface area contributed by atoms with Crippen LogP contribution in [0.15, 0.2) is 34.7 Å². The summed E-state index contributed by atoms with van der Waals surface area (Å²) in [4.78, 5) is 2.55. The zero-order valence-electron chi connectivity index (χ0n) is 12.5. The monoisotopic (exact) mass is 319 g/mol. The van der Waals surface area contributed by atoms with Gasteiger partial charge < -0.3 is 0 Å². The van der Waals surface area contributed by atoms with Gasteiger partial charge in [0.15, 0.2) is 4.34 Å². The van der Waals surface area contributed by atoms with Crippen LogP contribution in [0.3, 0.4) is 0 Å². The molecule has 0 spiro atoms. The van der Waals surface area contributed by atoms with Crippen molar-refractivity contribution in [1.29, 1.82) is 0 Å². The van der Waals surface area contributed by atoms with Gasteiger partial charge in [0.2, 0.25) is 0 Å². The summed E-state index contributed by atoms with van der Waals surface area (Å²) in [6.45, 7) is 4.38. The third-order valence-corrected chi connectivity index (χ3v) is 5.86. The van der Waals surface area contributed by atoms with Gasteiger partial charge in [0, 0.05) is 12.6 Å². The van der Waals surface area contributed by atoms with Gasteiger partial charge in [0.05, 0.1) is 6.54 Å². The normalized spacial score (nSPS) is 16.3. The molecule has 1 heterocycles. The van der Waals surface area contributed by atoms with Crippen LogP contribution in [-0.4, -0.2) is 27.9 Å². The summed E-state index contributed by atoms with van der Waals surface area (Å²) in [5.74, 6) is 0.879. The Bertz CT molecular complexity index is 566. The second-order valence-corrected chi connectivity index (χ2v) is 7.74. The predicted octanol–water partition coefficient (Wildman–Crippen LogP) is 4.23. The largest absolute Gasteiger partial charge is 0.290 e. The maximum absolute atomic E-state index is 4.34. The Hall–Kier alpha value is -0.910. The van der Waals surface area contributed by atoms with Crippen LogP contribution in [0.4, 0.5) is 0 Å². The van der Waals surface area contributed by atoms with Crippen LogP contribution in [0.2, 0.25) is 0 Å². The first kappa shape index (κ1) is 15.0. The van der Waals surface area contributed by atoms with E-state index < -0.39 is 0 Å². The van der Waals surface area contributed by atoms with Crippen molar-refractivity contribution in [3.8, 4) is 0 Å². The van der Waals surface area contributed by atoms with E-state index >= 15 is 0 Å². The lowest BCUT2D eigenvalue weighted by Crippen LogP contribution is -2.28. The molecule has 21 heavy (non-hydrogen) atoms. The van der Waals surface area contributed by atoms with Gasteiger partial charge in [-0.3, -0.25) is 4.90 Å². The van der Waals surface area contributed by atoms with Gasteiger partial charge in [-0.25, -0.2) is 0 Å². The molecule has 0 saturated heterocycles. The van der Waals surface area contributed by atoms with Crippen molar-refractivity contribution >= 4 is 23.1 Å². The van der Waals surface area contributed by atoms with E-state index in [0.29, 0.717) is 6.04 Å². The molecule has 0 N–H and O–H groups in total. The van der Waals surface area contributed by atoms with Crippen molar-refractivity contribution in [2.24, 2.45) is 5.92 Å². The highest BCUT2D eigenvalue weighted by atomic mass is 32.2. The molecule has 2 aromatic rings. The zero-order valence-corrected chi connectivity index (χ0v) is 14.2. The molecule has 3 rings (SSSR count). The van der Waals surface area contributed by atoms with Crippen molar-refractivity contribution in [2.75, 3.05) is 12.8 Å². The third-order valence-electron chi connectivity index (χ3n) is 3.98. The third kappa shape index (κ3) is 4.05. The minimum Gasteiger partial charge on any atom is -0.290 e. The lowest BCUT2D eigenvalue weighted by atomic mass is 10.1. The van der Waals surface area contributed by atoms with Gasteiger partial charge in [0.1, 0.15) is 5.01 Å². The standard InChI is InChI=1S/C16H21N3S2/c1-12(14-6-4-3-5-7-14)19(10-13-8-9-13)11-15-17-18-16(20-2)21-15/h3-7,12-13H,8-11H2,1-2H3. The Morgan fingerprint density at radius 3 is 2.67 bits per heavy atom. The molecule has 1 aromatic heterocycles. The quantitative estimate of drug-likeness (QED) is 0.714. The first-order chi connectivity index (χ1) is 10.3. The van der Waals surface area contributed by atoms with Crippen LogP contribution < -0.4 is 0 Å². The highest BCUT2D eigenvalue weighted by Crippen LogP contribution is 2.34. The molecule has 5 heteroatoms. The number of hydrogen-bond acceptors (Lipinski definition) is 5. The predicted molar refractivity (Wildman–Crippen MR) is 89.7 cm³/mol. The van der Waals surface area contributed by atoms with Gasteiger partial charge in [-0.2, -0.15) is 0 Å². The van der Waals surface area contributed by atoms with Crippen molar-refractivity contribution in [2.45, 2.75) is 36.7 Å². The maximum Gasteiger partial charge on any atom is 0.174 e. The number of nitrogens with zero attached hydrogens (tertiary/aromatic N) is 3. The van der Waals surface area contributed by atoms with Crippen molar-refractivity contribution < 1.29 is 0 Å². The van der Waals surface area contributed by atoms with E-state index in [1.54, 1.807) is 23.1 Å². The van der Waals surface area contributed by atoms with E-state index in [4.69, 9.17) is 0 Å². The lowest BCUT2D eigenvalue weighted by Gasteiger charge is -2.28. The molecule has 3 nitrogen and oxygen atoms in total. The Labute approximate surface area is 134 Å². The van der Waals surface area contributed by atoms with E-state index in [1.807, 2.05) is 0 Å². The number of benzene rings is 1. The second kappa shape index (κ2) is 6.90. The van der Waals surface area contributed by atoms with Crippen LogP contribution in [-0.2, 0) is 6.54 Å². The number of rotatable bonds is 7. The lowest BCUT2D eigenvalue weighted by molar-refractivity contribution is 0.192. The summed E-state index contributed by atoms with van der Waals surface area (Å²) in [7, 11) is 0. The first-order valence-electron chi connectivity index (χ1n) is 7.41. The molecule has 1 unspecified atom stereocenters. The number of aromatic nitrogens is 2. The summed E-state index contributed by atoms with van der Waals surface area (Å²) in [6, 6.07) is 11.2. The van der Waals surface area contributed by atoms with E-state index in [9.17, 15) is 0 Å². The fourth-order valence-corrected chi connectivity index (χ4v) is 3.83. The van der Waals surface area contributed by atoms with Gasteiger partial charge in [-0.05, 0) is 37.5 Å². The Kier molecular flexibility index (Phi) is 4.93. The Morgan fingerprint density at radius 1 is 1.29 bits per heavy atom. The highest BCUT2D eigenvalue weighted by molar-refractivity contribution is 8.00. The molecule has 0 radical (unpaired) electrons.